The lowest BCUT2D eigenvalue weighted by molar-refractivity contribution is 0.543. The van der Waals surface area contributed by atoms with Crippen LogP contribution < -0.4 is 10.5 Å². The molecule has 0 aromatic heterocycles. The van der Waals surface area contributed by atoms with Crippen LogP contribution in [0.25, 0.3) is 0 Å². The van der Waals surface area contributed by atoms with Gasteiger partial charge in [-0.15, -0.1) is 0 Å². The maximum Gasteiger partial charge on any atom is 0.244 e. The number of anilines is 1. The van der Waals surface area contributed by atoms with Gasteiger partial charge in [-0.1, -0.05) is 23.2 Å². The van der Waals surface area contributed by atoms with Crippen molar-refractivity contribution in [1.82, 2.24) is 4.72 Å². The Labute approximate surface area is 133 Å². The number of sulfone groups is 1. The summed E-state index contributed by atoms with van der Waals surface area (Å²) in [5.74, 6) is -0.167. The molecule has 1 aliphatic heterocycles. The fraction of sp³-hybridized carbons (Fsp3) is 0.455. The summed E-state index contributed by atoms with van der Waals surface area (Å²) in [5, 5.41) is 0.157. The normalized spacial score (nSPS) is 21.5. The molecule has 2 rings (SSSR count). The summed E-state index contributed by atoms with van der Waals surface area (Å²) in [4.78, 5) is -0.241. The molecule has 1 heterocycles. The lowest BCUT2D eigenvalue weighted by atomic mass is 10.1. The van der Waals surface area contributed by atoms with E-state index in [4.69, 9.17) is 28.9 Å². The predicted octanol–water partition coefficient (Wildman–Crippen LogP) is 1.29. The third kappa shape index (κ3) is 4.01. The van der Waals surface area contributed by atoms with E-state index in [-0.39, 0.29) is 44.6 Å². The molecule has 1 atom stereocenters. The van der Waals surface area contributed by atoms with Crippen molar-refractivity contribution in [2.24, 2.45) is 5.92 Å². The zero-order valence-corrected chi connectivity index (χ0v) is 14.0. The summed E-state index contributed by atoms with van der Waals surface area (Å²) in [7, 11) is -6.98. The second-order valence-electron chi connectivity index (χ2n) is 4.93. The Hall–Kier alpha value is -0.540. The van der Waals surface area contributed by atoms with Crippen LogP contribution in [0.5, 0.6) is 0 Å². The van der Waals surface area contributed by atoms with Gasteiger partial charge in [-0.3, -0.25) is 0 Å². The smallest absolute Gasteiger partial charge is 0.244 e. The second-order valence-corrected chi connectivity index (χ2v) is 9.70. The molecule has 10 heteroatoms. The van der Waals surface area contributed by atoms with E-state index in [9.17, 15) is 16.8 Å². The molecule has 6 nitrogen and oxygen atoms in total. The van der Waals surface area contributed by atoms with Crippen LogP contribution in [0.2, 0.25) is 10.0 Å². The number of hydrogen-bond donors (Lipinski definition) is 2. The van der Waals surface area contributed by atoms with Gasteiger partial charge in [0.2, 0.25) is 10.0 Å². The van der Waals surface area contributed by atoms with Gasteiger partial charge in [0, 0.05) is 11.6 Å². The van der Waals surface area contributed by atoms with Crippen LogP contribution in [0, 0.1) is 5.92 Å². The molecule has 0 radical (unpaired) electrons. The molecule has 1 fully saturated rings. The highest BCUT2D eigenvalue weighted by Crippen LogP contribution is 2.31. The Bertz CT molecular complexity index is 739. The summed E-state index contributed by atoms with van der Waals surface area (Å²) in [6, 6.07) is 2.58. The van der Waals surface area contributed by atoms with E-state index in [2.05, 4.69) is 4.72 Å². The van der Waals surface area contributed by atoms with Crippen LogP contribution in [0.1, 0.15) is 6.42 Å². The first-order chi connectivity index (χ1) is 9.61. The van der Waals surface area contributed by atoms with Crippen LogP contribution in [0.4, 0.5) is 5.69 Å². The van der Waals surface area contributed by atoms with Crippen molar-refractivity contribution in [3.63, 3.8) is 0 Å². The van der Waals surface area contributed by atoms with Crippen molar-refractivity contribution >= 4 is 48.7 Å². The Balaban J connectivity index is 2.17. The molecule has 1 aliphatic rings. The first-order valence-corrected chi connectivity index (χ1v) is 10.1. The van der Waals surface area contributed by atoms with Crippen molar-refractivity contribution in [3.05, 3.63) is 22.2 Å². The lowest BCUT2D eigenvalue weighted by Gasteiger charge is -2.13. The van der Waals surface area contributed by atoms with Crippen molar-refractivity contribution < 1.29 is 16.8 Å². The third-order valence-corrected chi connectivity index (χ3v) is 7.20. The summed E-state index contributed by atoms with van der Waals surface area (Å²) >= 11 is 11.6. The summed E-state index contributed by atoms with van der Waals surface area (Å²) < 4.78 is 49.5. The van der Waals surface area contributed by atoms with Crippen LogP contribution >= 0.6 is 23.2 Å². The number of halogens is 2. The maximum absolute atomic E-state index is 12.2. The highest BCUT2D eigenvalue weighted by Gasteiger charge is 2.30. The summed E-state index contributed by atoms with van der Waals surface area (Å²) in [6.45, 7) is 0.0277. The fourth-order valence-corrected chi connectivity index (χ4v) is 6.16. The monoisotopic (exact) mass is 372 g/mol. The van der Waals surface area contributed by atoms with Crippen molar-refractivity contribution in [1.29, 1.82) is 0 Å². The van der Waals surface area contributed by atoms with Gasteiger partial charge in [-0.25, -0.2) is 21.6 Å². The fourth-order valence-electron chi connectivity index (χ4n) is 2.20. The van der Waals surface area contributed by atoms with Crippen LogP contribution in [-0.2, 0) is 19.9 Å². The minimum atomic E-state index is -3.92. The molecule has 1 aromatic carbocycles. The first-order valence-electron chi connectivity index (χ1n) is 6.05. The van der Waals surface area contributed by atoms with Gasteiger partial charge in [0.1, 0.15) is 4.90 Å². The maximum atomic E-state index is 12.2. The number of nitrogen functional groups attached to an aromatic ring is 1. The number of sulfonamides is 1. The van der Waals surface area contributed by atoms with Crippen LogP contribution in [0.3, 0.4) is 0 Å². The molecule has 118 valence electrons. The average molecular weight is 373 g/mol. The quantitative estimate of drug-likeness (QED) is 0.774. The number of nitrogens with two attached hydrogens (primary N) is 1. The van der Waals surface area contributed by atoms with E-state index in [0.717, 1.165) is 0 Å². The van der Waals surface area contributed by atoms with E-state index in [0.29, 0.717) is 6.42 Å². The van der Waals surface area contributed by atoms with E-state index >= 15 is 0 Å². The number of hydrogen-bond acceptors (Lipinski definition) is 5. The molecule has 1 unspecified atom stereocenters. The Morgan fingerprint density at radius 2 is 2.00 bits per heavy atom. The zero-order chi connectivity index (χ0) is 15.8. The summed E-state index contributed by atoms with van der Waals surface area (Å²) in [6.07, 6.45) is 0.439. The van der Waals surface area contributed by atoms with Gasteiger partial charge in [-0.05, 0) is 24.5 Å². The molecule has 0 bridgehead atoms. The van der Waals surface area contributed by atoms with Gasteiger partial charge in [0.15, 0.2) is 9.84 Å². The van der Waals surface area contributed by atoms with Gasteiger partial charge in [0.05, 0.1) is 22.2 Å². The number of rotatable bonds is 4. The standard InChI is InChI=1S/C11H14Cl2N2O4S2/c12-8-3-9(13)11(10(14)4-8)21(18,19)15-5-7-1-2-20(16,17)6-7/h3-4,7,15H,1-2,5-6,14H2. The molecule has 1 saturated heterocycles. The minimum Gasteiger partial charge on any atom is -0.398 e. The molecule has 3 N–H and O–H groups in total. The van der Waals surface area contributed by atoms with Crippen LogP contribution in [0.15, 0.2) is 17.0 Å². The molecule has 0 aliphatic carbocycles. The van der Waals surface area contributed by atoms with E-state index < -0.39 is 19.9 Å². The second kappa shape index (κ2) is 5.92. The Morgan fingerprint density at radius 1 is 1.33 bits per heavy atom. The van der Waals surface area contributed by atoms with Gasteiger partial charge in [-0.2, -0.15) is 0 Å². The first kappa shape index (κ1) is 16.8. The topological polar surface area (TPSA) is 106 Å². The third-order valence-electron chi connectivity index (χ3n) is 3.19. The number of benzene rings is 1. The largest absolute Gasteiger partial charge is 0.398 e. The van der Waals surface area contributed by atoms with E-state index in [1.807, 2.05) is 0 Å². The molecular formula is C11H14Cl2N2O4S2. The lowest BCUT2D eigenvalue weighted by Crippen LogP contribution is -2.30. The highest BCUT2D eigenvalue weighted by molar-refractivity contribution is 7.91. The average Bonchev–Trinajstić information content (AvgIpc) is 2.65. The predicted molar refractivity (Wildman–Crippen MR) is 82.8 cm³/mol. The molecule has 0 saturated carbocycles. The summed E-state index contributed by atoms with van der Waals surface area (Å²) in [5.41, 5.74) is 5.59. The van der Waals surface area contributed by atoms with Gasteiger partial charge >= 0.3 is 0 Å². The Morgan fingerprint density at radius 3 is 2.52 bits per heavy atom. The number of nitrogens with one attached hydrogen (secondary N) is 1. The molecule has 0 spiro atoms. The van der Waals surface area contributed by atoms with Crippen molar-refractivity contribution in [2.75, 3.05) is 23.8 Å². The highest BCUT2D eigenvalue weighted by atomic mass is 35.5. The molecule has 1 aromatic rings. The van der Waals surface area contributed by atoms with E-state index in [1.165, 1.54) is 12.1 Å². The van der Waals surface area contributed by atoms with Crippen molar-refractivity contribution in [3.8, 4) is 0 Å². The van der Waals surface area contributed by atoms with Crippen molar-refractivity contribution in [2.45, 2.75) is 11.3 Å². The van der Waals surface area contributed by atoms with E-state index in [1.54, 1.807) is 0 Å². The zero-order valence-electron chi connectivity index (χ0n) is 10.8. The molecular weight excluding hydrogens is 359 g/mol. The molecule has 21 heavy (non-hydrogen) atoms. The minimum absolute atomic E-state index is 0.0145. The van der Waals surface area contributed by atoms with Gasteiger partial charge < -0.3 is 5.73 Å². The molecule has 0 amide bonds. The van der Waals surface area contributed by atoms with Crippen LogP contribution in [-0.4, -0.2) is 34.9 Å². The van der Waals surface area contributed by atoms with Gasteiger partial charge in [0.25, 0.3) is 0 Å². The Kier molecular flexibility index (Phi) is 4.75. The SMILES string of the molecule is Nc1cc(Cl)cc(Cl)c1S(=O)(=O)NCC1CCS(=O)(=O)C1.